The lowest BCUT2D eigenvalue weighted by molar-refractivity contribution is 0.192. The Bertz CT molecular complexity index is 1550. The smallest absolute Gasteiger partial charge is 0.350 e. The molecule has 0 spiro atoms. The van der Waals surface area contributed by atoms with Crippen LogP contribution in [-0.2, 0) is 6.54 Å². The van der Waals surface area contributed by atoms with Crippen LogP contribution in [0.5, 0.6) is 0 Å². The first-order chi connectivity index (χ1) is 17.1. The van der Waals surface area contributed by atoms with E-state index >= 15 is 0 Å². The minimum Gasteiger partial charge on any atom is -0.358 e. The number of aromatic nitrogens is 4. The van der Waals surface area contributed by atoms with Crippen LogP contribution >= 0.6 is 0 Å². The molecular weight excluding hydrogens is 440 g/mol. The highest BCUT2D eigenvalue weighted by atomic mass is 16.2. The number of fused-ring (bicyclic) bond motifs is 2. The van der Waals surface area contributed by atoms with E-state index in [1.807, 2.05) is 47.4 Å². The monoisotopic (exact) mass is 466 g/mol. The highest BCUT2D eigenvalue weighted by molar-refractivity contribution is 5.89. The summed E-state index contributed by atoms with van der Waals surface area (Å²) in [5.41, 5.74) is 4.33. The molecule has 0 bridgehead atoms. The molecule has 6 rings (SSSR count). The van der Waals surface area contributed by atoms with E-state index in [1.165, 1.54) is 20.2 Å². The number of nitrogens with zero attached hydrogens (tertiary/aromatic N) is 4. The number of pyridine rings is 1. The molecule has 1 atom stereocenters. The van der Waals surface area contributed by atoms with Crippen LogP contribution in [0.25, 0.3) is 16.6 Å². The van der Waals surface area contributed by atoms with E-state index in [4.69, 9.17) is 0 Å². The number of carbonyl (C=O) groups excluding carboxylic acids is 1. The van der Waals surface area contributed by atoms with Crippen molar-refractivity contribution in [1.29, 1.82) is 0 Å². The molecule has 3 aromatic heterocycles. The number of hydrogen-bond donors (Lipinski definition) is 2. The lowest BCUT2D eigenvalue weighted by atomic mass is 9.95. The van der Waals surface area contributed by atoms with Crippen molar-refractivity contribution in [1.82, 2.24) is 24.1 Å². The average molecular weight is 467 g/mol. The summed E-state index contributed by atoms with van der Waals surface area (Å²) in [6.45, 7) is 1.74. The summed E-state index contributed by atoms with van der Waals surface area (Å²) < 4.78 is 2.96. The quantitative estimate of drug-likeness (QED) is 0.411. The molecule has 1 fully saturated rings. The molecule has 4 heterocycles. The van der Waals surface area contributed by atoms with E-state index < -0.39 is 0 Å². The van der Waals surface area contributed by atoms with Gasteiger partial charge in [0.15, 0.2) is 5.65 Å². The fourth-order valence-corrected chi connectivity index (χ4v) is 4.93. The summed E-state index contributed by atoms with van der Waals surface area (Å²) in [6, 6.07) is 23.4. The molecule has 8 nitrogen and oxygen atoms in total. The number of nitrogens with one attached hydrogen (secondary N) is 2. The average Bonchev–Trinajstić information content (AvgIpc) is 3.46. The third-order valence-electron chi connectivity index (χ3n) is 6.70. The molecular formula is C27H26N6O2. The Balaban J connectivity index is 1.15. The normalized spacial score (nSPS) is 16.1. The maximum atomic E-state index is 13.1. The van der Waals surface area contributed by atoms with Crippen molar-refractivity contribution in [3.63, 3.8) is 0 Å². The predicted molar refractivity (Wildman–Crippen MR) is 136 cm³/mol. The summed E-state index contributed by atoms with van der Waals surface area (Å²) in [5, 5.41) is 8.63. The first-order valence-corrected chi connectivity index (χ1v) is 11.9. The van der Waals surface area contributed by atoms with E-state index in [2.05, 4.69) is 33.6 Å². The van der Waals surface area contributed by atoms with Gasteiger partial charge in [-0.1, -0.05) is 36.4 Å². The van der Waals surface area contributed by atoms with Crippen molar-refractivity contribution < 1.29 is 4.79 Å². The Labute approximate surface area is 201 Å². The van der Waals surface area contributed by atoms with Crippen LogP contribution in [0.4, 0.5) is 10.5 Å². The van der Waals surface area contributed by atoms with Crippen LogP contribution in [0, 0.1) is 0 Å². The molecule has 1 aliphatic heterocycles. The van der Waals surface area contributed by atoms with Crippen LogP contribution in [-0.4, -0.2) is 43.2 Å². The third kappa shape index (κ3) is 4.19. The molecule has 2 amide bonds. The zero-order valence-corrected chi connectivity index (χ0v) is 19.2. The largest absolute Gasteiger partial charge is 0.358 e. The number of benzene rings is 2. The van der Waals surface area contributed by atoms with Crippen LogP contribution in [0.15, 0.2) is 83.8 Å². The van der Waals surface area contributed by atoms with Crippen LogP contribution in [0.3, 0.4) is 0 Å². The Kier molecular flexibility index (Phi) is 5.33. The van der Waals surface area contributed by atoms with Gasteiger partial charge in [0.05, 0.1) is 6.54 Å². The Morgan fingerprint density at radius 2 is 1.94 bits per heavy atom. The van der Waals surface area contributed by atoms with Crippen molar-refractivity contribution >= 4 is 28.3 Å². The summed E-state index contributed by atoms with van der Waals surface area (Å²) in [6.07, 6.45) is 3.73. The van der Waals surface area contributed by atoms with Crippen LogP contribution in [0.1, 0.15) is 30.0 Å². The van der Waals surface area contributed by atoms with Gasteiger partial charge in [0.25, 0.3) is 0 Å². The Hall–Kier alpha value is -4.33. The highest BCUT2D eigenvalue weighted by Gasteiger charge is 2.26. The molecule has 35 heavy (non-hydrogen) atoms. The van der Waals surface area contributed by atoms with E-state index in [0.29, 0.717) is 24.4 Å². The maximum Gasteiger partial charge on any atom is 0.350 e. The SMILES string of the molecule is O=C(Nc1cccc(Cn2nc3ccccn3c2=O)c1)N1CCCC(c2cc3ccccc3[nH]2)C1. The van der Waals surface area contributed by atoms with E-state index in [0.717, 1.165) is 30.5 Å². The number of hydrogen-bond acceptors (Lipinski definition) is 3. The molecule has 8 heteroatoms. The molecule has 176 valence electrons. The Morgan fingerprint density at radius 3 is 2.83 bits per heavy atom. The number of para-hydroxylation sites is 1. The van der Waals surface area contributed by atoms with E-state index in [-0.39, 0.29) is 17.6 Å². The Morgan fingerprint density at radius 1 is 1.06 bits per heavy atom. The number of likely N-dealkylation sites (tertiary alicyclic amines) is 1. The summed E-state index contributed by atoms with van der Waals surface area (Å²) in [4.78, 5) is 31.1. The van der Waals surface area contributed by atoms with Crippen molar-refractivity contribution in [2.24, 2.45) is 0 Å². The number of amides is 2. The maximum absolute atomic E-state index is 13.1. The number of carbonyl (C=O) groups is 1. The molecule has 2 N–H and O–H groups in total. The van der Waals surface area contributed by atoms with Crippen molar-refractivity contribution in [2.75, 3.05) is 18.4 Å². The van der Waals surface area contributed by atoms with Gasteiger partial charge < -0.3 is 15.2 Å². The van der Waals surface area contributed by atoms with Gasteiger partial charge in [-0.2, -0.15) is 0 Å². The summed E-state index contributed by atoms with van der Waals surface area (Å²) in [7, 11) is 0. The van der Waals surface area contributed by atoms with Crippen LogP contribution in [0.2, 0.25) is 0 Å². The van der Waals surface area contributed by atoms with Gasteiger partial charge in [-0.15, -0.1) is 5.10 Å². The van der Waals surface area contributed by atoms with Crippen LogP contribution < -0.4 is 11.0 Å². The molecule has 2 aromatic carbocycles. The number of rotatable bonds is 4. The van der Waals surface area contributed by atoms with Gasteiger partial charge in [-0.25, -0.2) is 14.3 Å². The van der Waals surface area contributed by atoms with Crippen molar-refractivity contribution in [3.8, 4) is 0 Å². The zero-order valence-electron chi connectivity index (χ0n) is 19.2. The number of piperidine rings is 1. The minimum atomic E-state index is -0.189. The standard InChI is InChI=1S/C27H26N6O2/c34-26(31-13-6-9-21(18-31)24-16-20-8-1-2-11-23(20)29-24)28-22-10-5-7-19(15-22)17-33-27(35)32-14-4-3-12-25(32)30-33/h1-5,7-8,10-12,14-16,21,29H,6,9,13,17-18H2,(H,28,34). The number of H-pyrrole nitrogens is 1. The molecule has 0 radical (unpaired) electrons. The predicted octanol–water partition coefficient (Wildman–Crippen LogP) is 4.44. The van der Waals surface area contributed by atoms with Gasteiger partial charge in [0.2, 0.25) is 0 Å². The molecule has 5 aromatic rings. The number of aromatic amines is 1. The summed E-state index contributed by atoms with van der Waals surface area (Å²) >= 11 is 0. The first kappa shape index (κ1) is 21.2. The molecule has 0 aliphatic carbocycles. The minimum absolute atomic E-state index is 0.104. The lowest BCUT2D eigenvalue weighted by Gasteiger charge is -2.32. The first-order valence-electron chi connectivity index (χ1n) is 11.9. The lowest BCUT2D eigenvalue weighted by Crippen LogP contribution is -2.41. The molecule has 0 saturated carbocycles. The topological polar surface area (TPSA) is 87.4 Å². The molecule has 1 saturated heterocycles. The summed E-state index contributed by atoms with van der Waals surface area (Å²) in [5.74, 6) is 0.287. The number of anilines is 1. The molecule has 1 aliphatic rings. The highest BCUT2D eigenvalue weighted by Crippen LogP contribution is 2.29. The van der Waals surface area contributed by atoms with Crippen molar-refractivity contribution in [3.05, 3.63) is 101 Å². The second-order valence-electron chi connectivity index (χ2n) is 9.10. The second kappa shape index (κ2) is 8.79. The van der Waals surface area contributed by atoms with Gasteiger partial charge in [-0.3, -0.25) is 4.40 Å². The van der Waals surface area contributed by atoms with Gasteiger partial charge in [0, 0.05) is 42.1 Å². The fraction of sp³-hybridized carbons (Fsp3) is 0.222. The fourth-order valence-electron chi connectivity index (χ4n) is 4.93. The van der Waals surface area contributed by atoms with Crippen molar-refractivity contribution in [2.45, 2.75) is 25.3 Å². The molecule has 1 unspecified atom stereocenters. The van der Waals surface area contributed by atoms with E-state index in [9.17, 15) is 9.59 Å². The number of urea groups is 1. The van der Waals surface area contributed by atoms with Gasteiger partial charge >= 0.3 is 11.7 Å². The van der Waals surface area contributed by atoms with Gasteiger partial charge in [-0.05, 0) is 60.2 Å². The second-order valence-corrected chi connectivity index (χ2v) is 9.10. The zero-order chi connectivity index (χ0) is 23.8. The van der Waals surface area contributed by atoms with Gasteiger partial charge in [0.1, 0.15) is 0 Å². The van der Waals surface area contributed by atoms with E-state index in [1.54, 1.807) is 18.3 Å². The third-order valence-corrected chi connectivity index (χ3v) is 6.70.